The molecule has 19 heavy (non-hydrogen) atoms. The fraction of sp³-hybridized carbons (Fsp3) is 0.385. The third-order valence-corrected chi connectivity index (χ3v) is 3.54. The van der Waals surface area contributed by atoms with E-state index in [0.717, 1.165) is 6.42 Å². The Morgan fingerprint density at radius 3 is 2.47 bits per heavy atom. The minimum Gasteiger partial charge on any atom is -0.337 e. The van der Waals surface area contributed by atoms with Crippen molar-refractivity contribution in [3.63, 3.8) is 0 Å². The van der Waals surface area contributed by atoms with Crippen molar-refractivity contribution in [2.45, 2.75) is 26.3 Å². The second kappa shape index (κ2) is 5.90. The lowest BCUT2D eigenvalue weighted by molar-refractivity contribution is 0.312. The molecule has 2 unspecified atom stereocenters. The first-order valence-corrected chi connectivity index (χ1v) is 6.82. The third kappa shape index (κ3) is 3.26. The smallest absolute Gasteiger partial charge is 0.244 e. The van der Waals surface area contributed by atoms with Crippen molar-refractivity contribution >= 4 is 23.2 Å². The van der Waals surface area contributed by atoms with E-state index in [1.807, 2.05) is 6.92 Å². The Balaban J connectivity index is 2.30. The van der Waals surface area contributed by atoms with E-state index in [9.17, 15) is 0 Å². The van der Waals surface area contributed by atoms with E-state index in [4.69, 9.17) is 33.5 Å². The molecule has 6 heteroatoms. The molecule has 0 aliphatic heterocycles. The zero-order valence-corrected chi connectivity index (χ0v) is 12.2. The molecule has 0 spiro atoms. The molecule has 2 rings (SSSR count). The Morgan fingerprint density at radius 1 is 1.26 bits per heavy atom. The van der Waals surface area contributed by atoms with Gasteiger partial charge in [-0.25, -0.2) is 0 Å². The second-order valence-corrected chi connectivity index (χ2v) is 5.40. The van der Waals surface area contributed by atoms with E-state index in [0.29, 0.717) is 27.3 Å². The molecule has 0 saturated heterocycles. The van der Waals surface area contributed by atoms with Crippen LogP contribution in [-0.2, 0) is 0 Å². The van der Waals surface area contributed by atoms with Crippen LogP contribution in [0.3, 0.4) is 0 Å². The van der Waals surface area contributed by atoms with Crippen LogP contribution in [0.25, 0.3) is 11.4 Å². The van der Waals surface area contributed by atoms with Gasteiger partial charge in [-0.1, -0.05) is 48.6 Å². The van der Waals surface area contributed by atoms with Crippen molar-refractivity contribution in [3.8, 4) is 11.4 Å². The lowest BCUT2D eigenvalue weighted by atomic mass is 10.0. The van der Waals surface area contributed by atoms with Gasteiger partial charge in [-0.15, -0.1) is 0 Å². The van der Waals surface area contributed by atoms with Crippen molar-refractivity contribution in [1.29, 1.82) is 0 Å². The first kappa shape index (κ1) is 14.3. The molecule has 1 aromatic heterocycles. The molecule has 0 amide bonds. The van der Waals surface area contributed by atoms with Gasteiger partial charge < -0.3 is 10.3 Å². The summed E-state index contributed by atoms with van der Waals surface area (Å²) in [7, 11) is 0. The van der Waals surface area contributed by atoms with Gasteiger partial charge in [0.1, 0.15) is 0 Å². The maximum absolute atomic E-state index is 6.05. The second-order valence-electron chi connectivity index (χ2n) is 4.53. The zero-order valence-electron chi connectivity index (χ0n) is 10.7. The molecule has 4 nitrogen and oxygen atoms in total. The minimum atomic E-state index is -0.263. The van der Waals surface area contributed by atoms with Crippen molar-refractivity contribution in [2.75, 3.05) is 0 Å². The van der Waals surface area contributed by atoms with Gasteiger partial charge in [-0.3, -0.25) is 0 Å². The van der Waals surface area contributed by atoms with Crippen LogP contribution in [0.15, 0.2) is 22.7 Å². The SMILES string of the molecule is CCC(C)C(N)c1nc(-c2cc(Cl)cc(Cl)c2)no1. The van der Waals surface area contributed by atoms with E-state index < -0.39 is 0 Å². The van der Waals surface area contributed by atoms with Crippen LogP contribution >= 0.6 is 23.2 Å². The summed E-state index contributed by atoms with van der Waals surface area (Å²) in [6, 6.07) is 4.85. The van der Waals surface area contributed by atoms with Crippen LogP contribution in [0.1, 0.15) is 32.2 Å². The summed E-state index contributed by atoms with van der Waals surface area (Å²) >= 11 is 11.9. The quantitative estimate of drug-likeness (QED) is 0.923. The van der Waals surface area contributed by atoms with Crippen molar-refractivity contribution < 1.29 is 4.52 Å². The summed E-state index contributed by atoms with van der Waals surface area (Å²) < 4.78 is 5.21. The van der Waals surface area contributed by atoms with E-state index in [1.54, 1.807) is 18.2 Å². The maximum Gasteiger partial charge on any atom is 0.244 e. The molecule has 0 saturated carbocycles. The maximum atomic E-state index is 6.05. The number of nitrogens with zero attached hydrogens (tertiary/aromatic N) is 2. The highest BCUT2D eigenvalue weighted by atomic mass is 35.5. The zero-order chi connectivity index (χ0) is 14.0. The van der Waals surface area contributed by atoms with Crippen LogP contribution in [0.2, 0.25) is 10.0 Å². The van der Waals surface area contributed by atoms with E-state index in [2.05, 4.69) is 17.1 Å². The molecular weight excluding hydrogens is 285 g/mol. The number of nitrogens with two attached hydrogens (primary N) is 1. The average Bonchev–Trinajstić information content (AvgIpc) is 2.85. The third-order valence-electron chi connectivity index (χ3n) is 3.10. The fourth-order valence-electron chi connectivity index (χ4n) is 1.67. The van der Waals surface area contributed by atoms with E-state index in [1.165, 1.54) is 0 Å². The largest absolute Gasteiger partial charge is 0.337 e. The van der Waals surface area contributed by atoms with Crippen molar-refractivity contribution in [3.05, 3.63) is 34.1 Å². The molecule has 0 fully saturated rings. The molecule has 0 bridgehead atoms. The normalized spacial score (nSPS) is 14.4. The standard InChI is InChI=1S/C13H15Cl2N3O/c1-3-7(2)11(16)13-17-12(18-19-13)8-4-9(14)6-10(15)5-8/h4-7,11H,3,16H2,1-2H3. The number of halogens is 2. The number of rotatable bonds is 4. The topological polar surface area (TPSA) is 64.9 Å². The Labute approximate surface area is 121 Å². The number of hydrogen-bond acceptors (Lipinski definition) is 4. The molecule has 2 N–H and O–H groups in total. The molecule has 0 aliphatic rings. The predicted octanol–water partition coefficient (Wildman–Crippen LogP) is 4.09. The summed E-state index contributed by atoms with van der Waals surface area (Å²) in [4.78, 5) is 4.31. The first-order chi connectivity index (χ1) is 9.01. The summed E-state index contributed by atoms with van der Waals surface area (Å²) in [5.41, 5.74) is 6.76. The highest BCUT2D eigenvalue weighted by Crippen LogP contribution is 2.27. The predicted molar refractivity (Wildman–Crippen MR) is 76.1 cm³/mol. The molecule has 0 aliphatic carbocycles. The minimum absolute atomic E-state index is 0.263. The van der Waals surface area contributed by atoms with Crippen LogP contribution in [0, 0.1) is 5.92 Å². The monoisotopic (exact) mass is 299 g/mol. The Hall–Kier alpha value is -1.10. The van der Waals surface area contributed by atoms with E-state index in [-0.39, 0.29) is 12.0 Å². The first-order valence-electron chi connectivity index (χ1n) is 6.07. The van der Waals surface area contributed by atoms with Crippen molar-refractivity contribution in [2.24, 2.45) is 11.7 Å². The Bertz CT molecular complexity index is 551. The Morgan fingerprint density at radius 2 is 1.89 bits per heavy atom. The molecule has 102 valence electrons. The molecule has 2 atom stereocenters. The van der Waals surface area contributed by atoms with Crippen LogP contribution in [0.5, 0.6) is 0 Å². The fourth-order valence-corrected chi connectivity index (χ4v) is 2.19. The van der Waals surface area contributed by atoms with Gasteiger partial charge in [-0.05, 0) is 24.1 Å². The van der Waals surface area contributed by atoms with Gasteiger partial charge >= 0.3 is 0 Å². The average molecular weight is 300 g/mol. The van der Waals surface area contributed by atoms with Crippen LogP contribution < -0.4 is 5.73 Å². The van der Waals surface area contributed by atoms with Crippen LogP contribution in [-0.4, -0.2) is 10.1 Å². The molecule has 1 heterocycles. The molecule has 1 aromatic carbocycles. The Kier molecular flexibility index (Phi) is 4.45. The molecular formula is C13H15Cl2N3O. The number of benzene rings is 1. The van der Waals surface area contributed by atoms with Gasteiger partial charge in [0.2, 0.25) is 11.7 Å². The summed E-state index contributed by atoms with van der Waals surface area (Å²) in [5, 5.41) is 4.98. The number of aromatic nitrogens is 2. The number of hydrogen-bond donors (Lipinski definition) is 1. The van der Waals surface area contributed by atoms with Gasteiger partial charge in [0.15, 0.2) is 0 Å². The lowest BCUT2D eigenvalue weighted by Crippen LogP contribution is -2.18. The highest BCUT2D eigenvalue weighted by Gasteiger charge is 2.20. The van der Waals surface area contributed by atoms with Gasteiger partial charge in [-0.2, -0.15) is 4.98 Å². The van der Waals surface area contributed by atoms with Crippen LogP contribution in [0.4, 0.5) is 0 Å². The summed E-state index contributed by atoms with van der Waals surface area (Å²) in [5.74, 6) is 1.15. The molecule has 2 aromatic rings. The van der Waals surface area contributed by atoms with E-state index >= 15 is 0 Å². The van der Waals surface area contributed by atoms with Gasteiger partial charge in [0, 0.05) is 15.6 Å². The van der Waals surface area contributed by atoms with Crippen molar-refractivity contribution in [1.82, 2.24) is 10.1 Å². The summed E-state index contributed by atoms with van der Waals surface area (Å²) in [6.07, 6.45) is 0.946. The van der Waals surface area contributed by atoms with Gasteiger partial charge in [0.05, 0.1) is 6.04 Å². The highest BCUT2D eigenvalue weighted by molar-refractivity contribution is 6.35. The summed E-state index contributed by atoms with van der Waals surface area (Å²) in [6.45, 7) is 4.11. The molecule has 0 radical (unpaired) electrons. The van der Waals surface area contributed by atoms with Gasteiger partial charge in [0.25, 0.3) is 0 Å². The lowest BCUT2D eigenvalue weighted by Gasteiger charge is -2.12.